The molecule has 1 aromatic heterocycles. The van der Waals surface area contributed by atoms with Crippen LogP contribution in [-0.2, 0) is 11.2 Å². The molecule has 4 heteroatoms. The van der Waals surface area contributed by atoms with Crippen LogP contribution >= 0.6 is 0 Å². The lowest BCUT2D eigenvalue weighted by molar-refractivity contribution is -0.131. The zero-order chi connectivity index (χ0) is 20.4. The number of aromatic nitrogens is 1. The normalized spacial score (nSPS) is 22.8. The first-order valence-corrected chi connectivity index (χ1v) is 11.6. The van der Waals surface area contributed by atoms with Crippen molar-refractivity contribution < 1.29 is 4.79 Å². The van der Waals surface area contributed by atoms with E-state index in [4.69, 9.17) is 0 Å². The van der Waals surface area contributed by atoms with Gasteiger partial charge in [0.2, 0.25) is 5.91 Å². The highest BCUT2D eigenvalue weighted by molar-refractivity contribution is 5.85. The summed E-state index contributed by atoms with van der Waals surface area (Å²) >= 11 is 0. The fourth-order valence-corrected chi connectivity index (χ4v) is 5.58. The van der Waals surface area contributed by atoms with Crippen LogP contribution in [0.15, 0.2) is 30.5 Å². The highest BCUT2D eigenvalue weighted by atomic mass is 16.2. The van der Waals surface area contributed by atoms with Crippen molar-refractivity contribution in [3.8, 4) is 0 Å². The SMILES string of the molecule is CC(C)n1cc(CCC(=O)N(C)C[C@@H]2CCCN3CCCC[C@H]23)c2ccccc21. The summed E-state index contributed by atoms with van der Waals surface area (Å²) in [6.45, 7) is 7.88. The molecule has 1 amide bonds. The number of fused-ring (bicyclic) bond motifs is 2. The molecule has 1 aromatic carbocycles. The first-order valence-electron chi connectivity index (χ1n) is 11.6. The molecule has 2 aromatic rings. The Morgan fingerprint density at radius 2 is 1.93 bits per heavy atom. The van der Waals surface area contributed by atoms with E-state index < -0.39 is 0 Å². The molecule has 2 aliphatic heterocycles. The molecule has 0 aliphatic carbocycles. The second kappa shape index (κ2) is 8.91. The summed E-state index contributed by atoms with van der Waals surface area (Å²) in [5, 5.41) is 1.29. The number of amides is 1. The lowest BCUT2D eigenvalue weighted by Gasteiger charge is -2.45. The third-order valence-electron chi connectivity index (χ3n) is 7.15. The zero-order valence-electron chi connectivity index (χ0n) is 18.4. The van der Waals surface area contributed by atoms with Gasteiger partial charge in [-0.15, -0.1) is 0 Å². The summed E-state index contributed by atoms with van der Waals surface area (Å²) < 4.78 is 2.33. The third-order valence-corrected chi connectivity index (χ3v) is 7.15. The Hall–Kier alpha value is -1.81. The maximum Gasteiger partial charge on any atom is 0.222 e. The molecule has 29 heavy (non-hydrogen) atoms. The largest absolute Gasteiger partial charge is 0.345 e. The Morgan fingerprint density at radius 1 is 1.14 bits per heavy atom. The predicted molar refractivity (Wildman–Crippen MR) is 120 cm³/mol. The van der Waals surface area contributed by atoms with Crippen molar-refractivity contribution in [3.63, 3.8) is 0 Å². The van der Waals surface area contributed by atoms with Crippen molar-refractivity contribution >= 4 is 16.8 Å². The second-order valence-corrected chi connectivity index (χ2v) is 9.45. The molecule has 3 heterocycles. The number of benzene rings is 1. The molecular formula is C25H37N3O. The third kappa shape index (κ3) is 4.37. The van der Waals surface area contributed by atoms with Gasteiger partial charge in [-0.1, -0.05) is 24.6 Å². The van der Waals surface area contributed by atoms with E-state index in [0.717, 1.165) is 13.0 Å². The number of rotatable bonds is 6. The van der Waals surface area contributed by atoms with E-state index in [0.29, 0.717) is 30.3 Å². The minimum atomic E-state index is 0.291. The topological polar surface area (TPSA) is 28.5 Å². The van der Waals surface area contributed by atoms with Crippen LogP contribution in [0.3, 0.4) is 0 Å². The Morgan fingerprint density at radius 3 is 2.76 bits per heavy atom. The van der Waals surface area contributed by atoms with Gasteiger partial charge in [0, 0.05) is 49.2 Å². The van der Waals surface area contributed by atoms with Crippen molar-refractivity contribution in [2.75, 3.05) is 26.7 Å². The highest BCUT2D eigenvalue weighted by Gasteiger charge is 2.33. The van der Waals surface area contributed by atoms with E-state index in [1.807, 2.05) is 11.9 Å². The average Bonchev–Trinajstić information content (AvgIpc) is 3.11. The molecule has 4 rings (SSSR count). The van der Waals surface area contributed by atoms with Gasteiger partial charge in [-0.05, 0) is 76.6 Å². The number of hydrogen-bond donors (Lipinski definition) is 0. The van der Waals surface area contributed by atoms with Crippen molar-refractivity contribution in [2.45, 2.75) is 70.9 Å². The molecule has 2 saturated heterocycles. The van der Waals surface area contributed by atoms with E-state index in [-0.39, 0.29) is 0 Å². The molecular weight excluding hydrogens is 358 g/mol. The highest BCUT2D eigenvalue weighted by Crippen LogP contribution is 2.31. The van der Waals surface area contributed by atoms with Gasteiger partial charge in [-0.25, -0.2) is 0 Å². The molecule has 4 nitrogen and oxygen atoms in total. The Labute approximate surface area is 175 Å². The molecule has 0 radical (unpaired) electrons. The summed E-state index contributed by atoms with van der Waals surface area (Å²) in [6, 6.07) is 9.71. The molecule has 0 N–H and O–H groups in total. The van der Waals surface area contributed by atoms with Gasteiger partial charge >= 0.3 is 0 Å². The van der Waals surface area contributed by atoms with Gasteiger partial charge < -0.3 is 14.4 Å². The van der Waals surface area contributed by atoms with E-state index in [1.165, 1.54) is 61.7 Å². The van der Waals surface area contributed by atoms with Crippen LogP contribution in [0.5, 0.6) is 0 Å². The maximum absolute atomic E-state index is 12.9. The average molecular weight is 396 g/mol. The van der Waals surface area contributed by atoms with Crippen molar-refractivity contribution in [2.24, 2.45) is 5.92 Å². The monoisotopic (exact) mass is 395 g/mol. The number of nitrogens with zero attached hydrogens (tertiary/aromatic N) is 3. The molecule has 0 bridgehead atoms. The number of carbonyl (C=O) groups excluding carboxylic acids is 1. The van der Waals surface area contributed by atoms with Crippen molar-refractivity contribution in [1.29, 1.82) is 0 Å². The molecule has 2 fully saturated rings. The van der Waals surface area contributed by atoms with Crippen molar-refractivity contribution in [3.05, 3.63) is 36.0 Å². The first kappa shape index (κ1) is 20.5. The van der Waals surface area contributed by atoms with Crippen LogP contribution in [0.25, 0.3) is 10.9 Å². The second-order valence-electron chi connectivity index (χ2n) is 9.45. The van der Waals surface area contributed by atoms with Crippen LogP contribution in [-0.4, -0.2) is 53.0 Å². The number of piperidine rings is 2. The van der Waals surface area contributed by atoms with E-state index >= 15 is 0 Å². The zero-order valence-corrected chi connectivity index (χ0v) is 18.4. The maximum atomic E-state index is 12.9. The van der Waals surface area contributed by atoms with Gasteiger partial charge in [-0.2, -0.15) is 0 Å². The summed E-state index contributed by atoms with van der Waals surface area (Å²) in [5.41, 5.74) is 2.57. The molecule has 0 unspecified atom stereocenters. The summed E-state index contributed by atoms with van der Waals surface area (Å²) in [7, 11) is 2.02. The smallest absolute Gasteiger partial charge is 0.222 e. The molecule has 2 aliphatic rings. The van der Waals surface area contributed by atoms with Gasteiger partial charge in [0.25, 0.3) is 0 Å². The summed E-state index contributed by atoms with van der Waals surface area (Å²) in [6.07, 6.45) is 10.3. The Kier molecular flexibility index (Phi) is 6.29. The van der Waals surface area contributed by atoms with Crippen LogP contribution in [0, 0.1) is 5.92 Å². The predicted octanol–water partition coefficient (Wildman–Crippen LogP) is 4.88. The van der Waals surface area contributed by atoms with Gasteiger partial charge in [0.15, 0.2) is 0 Å². The lowest BCUT2D eigenvalue weighted by atomic mass is 9.83. The van der Waals surface area contributed by atoms with Gasteiger partial charge in [0.05, 0.1) is 0 Å². The molecule has 158 valence electrons. The fraction of sp³-hybridized carbons (Fsp3) is 0.640. The van der Waals surface area contributed by atoms with E-state index in [2.05, 4.69) is 53.8 Å². The van der Waals surface area contributed by atoms with Crippen molar-refractivity contribution in [1.82, 2.24) is 14.4 Å². The van der Waals surface area contributed by atoms with Gasteiger partial charge in [-0.3, -0.25) is 4.79 Å². The minimum Gasteiger partial charge on any atom is -0.345 e. The summed E-state index contributed by atoms with van der Waals surface area (Å²) in [5.74, 6) is 0.945. The Bertz CT molecular complexity index is 838. The molecule has 0 saturated carbocycles. The summed E-state index contributed by atoms with van der Waals surface area (Å²) in [4.78, 5) is 17.6. The first-order chi connectivity index (χ1) is 14.0. The van der Waals surface area contributed by atoms with Crippen LogP contribution in [0.4, 0.5) is 0 Å². The number of para-hydroxylation sites is 1. The van der Waals surface area contributed by atoms with Crippen LogP contribution < -0.4 is 0 Å². The van der Waals surface area contributed by atoms with Crippen LogP contribution in [0.2, 0.25) is 0 Å². The Balaban J connectivity index is 1.38. The number of aryl methyl sites for hydroxylation is 1. The standard InChI is InChI=1S/C25H37N3O/c1-19(2)28-18-20(22-10-4-5-12-24(22)28)13-14-25(29)26(3)17-21-9-8-16-27-15-7-6-11-23(21)27/h4-5,10,12,18-19,21,23H,6-9,11,13-17H2,1-3H3/t21-,23+/m0/s1. The van der Waals surface area contributed by atoms with E-state index in [9.17, 15) is 4.79 Å². The van der Waals surface area contributed by atoms with Gasteiger partial charge in [0.1, 0.15) is 0 Å². The lowest BCUT2D eigenvalue weighted by Crippen LogP contribution is -2.51. The quantitative estimate of drug-likeness (QED) is 0.697. The minimum absolute atomic E-state index is 0.291. The van der Waals surface area contributed by atoms with E-state index in [1.54, 1.807) is 0 Å². The number of carbonyl (C=O) groups is 1. The molecule has 2 atom stereocenters. The van der Waals surface area contributed by atoms with Crippen LogP contribution in [0.1, 0.15) is 64.0 Å². The molecule has 0 spiro atoms. The number of hydrogen-bond acceptors (Lipinski definition) is 2. The fourth-order valence-electron chi connectivity index (χ4n) is 5.58.